The highest BCUT2D eigenvalue weighted by Crippen LogP contribution is 2.20. The molecule has 0 bridgehead atoms. The lowest BCUT2D eigenvalue weighted by Crippen LogP contribution is -2.27. The summed E-state index contributed by atoms with van der Waals surface area (Å²) in [6.07, 6.45) is 2.82. The van der Waals surface area contributed by atoms with Gasteiger partial charge in [-0.3, -0.25) is 9.48 Å². The van der Waals surface area contributed by atoms with Crippen LogP contribution in [0.2, 0.25) is 0 Å². The molecule has 34 heavy (non-hydrogen) atoms. The summed E-state index contributed by atoms with van der Waals surface area (Å²) in [5.41, 5.74) is 2.35. The Labute approximate surface area is 199 Å². The van der Waals surface area contributed by atoms with Gasteiger partial charge in [0.1, 0.15) is 0 Å². The van der Waals surface area contributed by atoms with E-state index in [2.05, 4.69) is 10.4 Å². The van der Waals surface area contributed by atoms with E-state index >= 15 is 0 Å². The van der Waals surface area contributed by atoms with Gasteiger partial charge in [-0.15, -0.1) is 0 Å². The van der Waals surface area contributed by atoms with Crippen molar-refractivity contribution in [1.82, 2.24) is 15.1 Å². The zero-order valence-corrected chi connectivity index (χ0v) is 20.4. The Balaban J connectivity index is 1.71. The third kappa shape index (κ3) is 6.64. The van der Waals surface area contributed by atoms with Crippen LogP contribution in [0.25, 0.3) is 0 Å². The normalized spacial score (nSPS) is 16.1. The molecule has 10 nitrogen and oxygen atoms in total. The van der Waals surface area contributed by atoms with E-state index in [0.717, 1.165) is 24.2 Å². The van der Waals surface area contributed by atoms with Gasteiger partial charge in [0.15, 0.2) is 0 Å². The molecule has 3 rings (SSSR count). The number of carbonyl (C=O) groups excluding carboxylic acids is 2. The van der Waals surface area contributed by atoms with Crippen LogP contribution in [-0.4, -0.2) is 56.4 Å². The first-order valence-corrected chi connectivity index (χ1v) is 13.0. The highest BCUT2D eigenvalue weighted by atomic mass is 32.2. The van der Waals surface area contributed by atoms with Crippen LogP contribution in [-0.2, 0) is 38.9 Å². The number of primary sulfonamides is 1. The molecule has 1 atom stereocenters. The molecular formula is C23H32N4O6S. The summed E-state index contributed by atoms with van der Waals surface area (Å²) in [5.74, 6) is -0.853. The van der Waals surface area contributed by atoms with Crippen LogP contribution in [0, 0.1) is 5.92 Å². The number of rotatable bonds is 7. The van der Waals surface area contributed by atoms with E-state index in [0.29, 0.717) is 44.7 Å². The maximum absolute atomic E-state index is 12.9. The van der Waals surface area contributed by atoms with E-state index in [1.165, 1.54) is 24.3 Å². The van der Waals surface area contributed by atoms with E-state index < -0.39 is 16.0 Å². The number of hydrogen-bond acceptors (Lipinski definition) is 7. The van der Waals surface area contributed by atoms with Gasteiger partial charge in [-0.2, -0.15) is 5.10 Å². The highest BCUT2D eigenvalue weighted by Gasteiger charge is 2.24. The fourth-order valence-corrected chi connectivity index (χ4v) is 4.38. The average molecular weight is 493 g/mol. The first-order valence-electron chi connectivity index (χ1n) is 11.4. The number of benzene rings is 1. The molecule has 0 saturated carbocycles. The fraction of sp³-hybridized carbons (Fsp3) is 0.522. The van der Waals surface area contributed by atoms with Crippen molar-refractivity contribution in [3.05, 3.63) is 46.8 Å². The summed E-state index contributed by atoms with van der Waals surface area (Å²) in [6, 6.07) is 5.43. The van der Waals surface area contributed by atoms with E-state index in [1.54, 1.807) is 0 Å². The average Bonchev–Trinajstić information content (AvgIpc) is 3.13. The van der Waals surface area contributed by atoms with Crippen molar-refractivity contribution >= 4 is 21.9 Å². The van der Waals surface area contributed by atoms with Crippen molar-refractivity contribution in [2.24, 2.45) is 11.1 Å². The lowest BCUT2D eigenvalue weighted by Gasteiger charge is -2.15. The van der Waals surface area contributed by atoms with Crippen LogP contribution in [0.15, 0.2) is 29.2 Å². The van der Waals surface area contributed by atoms with Gasteiger partial charge < -0.3 is 14.8 Å². The number of aryl methyl sites for hydroxylation is 1. The van der Waals surface area contributed by atoms with Crippen LogP contribution >= 0.6 is 0 Å². The van der Waals surface area contributed by atoms with Crippen molar-refractivity contribution < 1.29 is 27.5 Å². The number of nitrogens with one attached hydrogen (secondary N) is 1. The van der Waals surface area contributed by atoms with Crippen molar-refractivity contribution in [3.63, 3.8) is 0 Å². The molecule has 0 unspecified atom stereocenters. The van der Waals surface area contributed by atoms with E-state index in [1.807, 2.05) is 18.5 Å². The van der Waals surface area contributed by atoms with Gasteiger partial charge in [-0.1, -0.05) is 19.9 Å². The second-order valence-corrected chi connectivity index (χ2v) is 9.97. The summed E-state index contributed by atoms with van der Waals surface area (Å²) < 4.78 is 35.9. The van der Waals surface area contributed by atoms with Gasteiger partial charge in [0.05, 0.1) is 34.0 Å². The summed E-state index contributed by atoms with van der Waals surface area (Å²) in [6.45, 7) is 6.23. The van der Waals surface area contributed by atoms with Gasteiger partial charge in [0.25, 0.3) is 5.91 Å². The van der Waals surface area contributed by atoms with Crippen LogP contribution in [0.5, 0.6) is 0 Å². The molecule has 1 aliphatic heterocycles. The number of aromatic nitrogens is 2. The highest BCUT2D eigenvalue weighted by molar-refractivity contribution is 7.89. The Bertz CT molecular complexity index is 1130. The molecule has 1 aromatic carbocycles. The monoisotopic (exact) mass is 492 g/mol. The Kier molecular flexibility index (Phi) is 8.81. The number of carbonyl (C=O) groups is 2. The minimum Gasteiger partial charge on any atom is -0.462 e. The molecule has 1 aromatic heterocycles. The largest absolute Gasteiger partial charge is 0.462 e. The van der Waals surface area contributed by atoms with Crippen molar-refractivity contribution in [2.45, 2.75) is 51.0 Å². The zero-order chi connectivity index (χ0) is 24.7. The minimum atomic E-state index is -3.92. The lowest BCUT2D eigenvalue weighted by molar-refractivity contribution is 0.0435. The molecule has 2 heterocycles. The van der Waals surface area contributed by atoms with Crippen LogP contribution in [0.4, 0.5) is 0 Å². The number of esters is 1. The first kappa shape index (κ1) is 25.9. The molecule has 11 heteroatoms. The quantitative estimate of drug-likeness (QED) is 0.560. The zero-order valence-electron chi connectivity index (χ0n) is 19.6. The molecule has 3 N–H and O–H groups in total. The van der Waals surface area contributed by atoms with Crippen LogP contribution in [0.1, 0.15) is 58.8 Å². The molecule has 0 saturated heterocycles. The molecule has 2 aromatic rings. The molecule has 0 aliphatic carbocycles. The van der Waals surface area contributed by atoms with Crippen molar-refractivity contribution in [3.8, 4) is 0 Å². The van der Waals surface area contributed by atoms with Gasteiger partial charge in [-0.05, 0) is 43.9 Å². The number of nitrogens with two attached hydrogens (primary N) is 1. The maximum atomic E-state index is 12.9. The predicted octanol–water partition coefficient (Wildman–Crippen LogP) is 1.67. The number of ether oxygens (including phenoxy) is 2. The number of sulfonamides is 1. The number of fused-ring (bicyclic) bond motifs is 1. The van der Waals surface area contributed by atoms with E-state index in [-0.39, 0.29) is 28.9 Å². The summed E-state index contributed by atoms with van der Waals surface area (Å²) in [5, 5.41) is 12.8. The van der Waals surface area contributed by atoms with Gasteiger partial charge in [0, 0.05) is 32.2 Å². The fourth-order valence-electron chi connectivity index (χ4n) is 3.82. The van der Waals surface area contributed by atoms with E-state index in [9.17, 15) is 18.0 Å². The Morgan fingerprint density at radius 2 is 2.09 bits per heavy atom. The van der Waals surface area contributed by atoms with Crippen LogP contribution in [0.3, 0.4) is 0 Å². The number of hydrogen-bond donors (Lipinski definition) is 2. The third-order valence-electron chi connectivity index (χ3n) is 5.53. The summed E-state index contributed by atoms with van der Waals surface area (Å²) in [7, 11) is -3.92. The van der Waals surface area contributed by atoms with Crippen molar-refractivity contribution in [1.29, 1.82) is 0 Å². The molecule has 1 amide bonds. The smallest absolute Gasteiger partial charge is 0.338 e. The third-order valence-corrected chi connectivity index (χ3v) is 6.44. The molecular weight excluding hydrogens is 460 g/mol. The first-order chi connectivity index (χ1) is 16.2. The lowest BCUT2D eigenvalue weighted by atomic mass is 10.1. The standard InChI is InChI=1S/C23H32N4O6S/c1-3-19-21-20(9-5-11-32-12-6-10-25-22(21)28)27(26-19)14-16(2)15-33-23(29)17-7-4-8-18(13-17)34(24,30)31/h4,7-8,13,16H,3,5-6,9-12,14-15H2,1-2H3,(H,25,28)(H2,24,30,31)/t16-/m1/s1. The second kappa shape index (κ2) is 11.6. The van der Waals surface area contributed by atoms with Gasteiger partial charge >= 0.3 is 5.97 Å². The predicted molar refractivity (Wildman–Crippen MR) is 125 cm³/mol. The second-order valence-electron chi connectivity index (χ2n) is 8.41. The van der Waals surface area contributed by atoms with Crippen molar-refractivity contribution in [2.75, 3.05) is 26.4 Å². The minimum absolute atomic E-state index is 0.100. The molecule has 1 aliphatic rings. The number of nitrogens with zero attached hydrogens (tertiary/aromatic N) is 2. The molecule has 0 spiro atoms. The maximum Gasteiger partial charge on any atom is 0.338 e. The molecule has 0 fully saturated rings. The Morgan fingerprint density at radius 3 is 2.82 bits per heavy atom. The SMILES string of the molecule is CCc1nn(C[C@@H](C)COC(=O)c2cccc(S(N)(=O)=O)c2)c2c1C(=O)NCCCOCCC2. The summed E-state index contributed by atoms with van der Waals surface area (Å²) >= 11 is 0. The van der Waals surface area contributed by atoms with Gasteiger partial charge in [0.2, 0.25) is 10.0 Å². The van der Waals surface area contributed by atoms with Gasteiger partial charge in [-0.25, -0.2) is 18.4 Å². The number of amides is 1. The molecule has 0 radical (unpaired) electrons. The Hall–Kier alpha value is -2.76. The Morgan fingerprint density at radius 1 is 1.32 bits per heavy atom. The summed E-state index contributed by atoms with van der Waals surface area (Å²) in [4.78, 5) is 25.2. The van der Waals surface area contributed by atoms with E-state index in [4.69, 9.17) is 14.6 Å². The topological polar surface area (TPSA) is 143 Å². The van der Waals surface area contributed by atoms with Crippen LogP contribution < -0.4 is 10.5 Å². The molecule has 186 valence electrons.